The Morgan fingerprint density at radius 1 is 1.67 bits per heavy atom. The molecular weight excluding hydrogens is 168 g/mol. The summed E-state index contributed by atoms with van der Waals surface area (Å²) in [5.41, 5.74) is 0. The third kappa shape index (κ3) is 3.36. The standard InChI is InChI=1S/C10H10OS/c1-2-12-9-4-3-6-10-7-5-8-11-10/h4-5,7-9H,2H2,1H3/b9-4-. The van der Waals surface area contributed by atoms with Crippen LogP contribution in [0.25, 0.3) is 0 Å². The van der Waals surface area contributed by atoms with Gasteiger partial charge in [0.1, 0.15) is 0 Å². The second-order valence-corrected chi connectivity index (χ2v) is 3.19. The van der Waals surface area contributed by atoms with E-state index < -0.39 is 0 Å². The van der Waals surface area contributed by atoms with Crippen LogP contribution >= 0.6 is 11.8 Å². The van der Waals surface area contributed by atoms with Crippen molar-refractivity contribution in [1.82, 2.24) is 0 Å². The van der Waals surface area contributed by atoms with Crippen molar-refractivity contribution in [3.8, 4) is 11.8 Å². The third-order valence-corrected chi connectivity index (χ3v) is 1.79. The molecule has 0 aromatic carbocycles. The molecular formula is C10H10OS. The Kier molecular flexibility index (Phi) is 4.18. The highest BCUT2D eigenvalue weighted by Gasteiger charge is 1.82. The summed E-state index contributed by atoms with van der Waals surface area (Å²) in [6.45, 7) is 2.11. The average Bonchev–Trinajstić information content (AvgIpc) is 2.57. The molecule has 2 heteroatoms. The average molecular weight is 178 g/mol. The van der Waals surface area contributed by atoms with Crippen molar-refractivity contribution < 1.29 is 4.42 Å². The minimum atomic E-state index is 0.709. The SMILES string of the molecule is CCS/C=C\C#Cc1ccco1. The minimum absolute atomic E-state index is 0.709. The van der Waals surface area contributed by atoms with Crippen LogP contribution < -0.4 is 0 Å². The van der Waals surface area contributed by atoms with Crippen LogP contribution in [0, 0.1) is 11.8 Å². The number of rotatable bonds is 2. The van der Waals surface area contributed by atoms with E-state index in [1.807, 2.05) is 23.6 Å². The Hall–Kier alpha value is -1.07. The van der Waals surface area contributed by atoms with Crippen LogP contribution in [0.3, 0.4) is 0 Å². The van der Waals surface area contributed by atoms with E-state index >= 15 is 0 Å². The molecule has 1 aromatic heterocycles. The predicted molar refractivity (Wildman–Crippen MR) is 52.9 cm³/mol. The largest absolute Gasteiger partial charge is 0.456 e. The van der Waals surface area contributed by atoms with Gasteiger partial charge in [-0.1, -0.05) is 12.8 Å². The number of furan rings is 1. The molecule has 1 nitrogen and oxygen atoms in total. The highest BCUT2D eigenvalue weighted by molar-refractivity contribution is 8.02. The molecule has 0 N–H and O–H groups in total. The molecule has 0 atom stereocenters. The van der Waals surface area contributed by atoms with Crippen LogP contribution in [0.5, 0.6) is 0 Å². The van der Waals surface area contributed by atoms with Crippen LogP contribution in [0.4, 0.5) is 0 Å². The van der Waals surface area contributed by atoms with Gasteiger partial charge in [0.2, 0.25) is 0 Å². The van der Waals surface area contributed by atoms with Gasteiger partial charge in [0.25, 0.3) is 0 Å². The first-order valence-corrected chi connectivity index (χ1v) is 4.80. The van der Waals surface area contributed by atoms with Crippen LogP contribution in [0.15, 0.2) is 34.3 Å². The van der Waals surface area contributed by atoms with Gasteiger partial charge < -0.3 is 4.42 Å². The summed E-state index contributed by atoms with van der Waals surface area (Å²) in [7, 11) is 0. The van der Waals surface area contributed by atoms with Crippen molar-refractivity contribution in [2.24, 2.45) is 0 Å². The summed E-state index contributed by atoms with van der Waals surface area (Å²) in [5.74, 6) is 7.54. The summed E-state index contributed by atoms with van der Waals surface area (Å²) in [4.78, 5) is 0. The van der Waals surface area contributed by atoms with Crippen LogP contribution in [-0.4, -0.2) is 5.75 Å². The molecule has 0 bridgehead atoms. The Labute approximate surface area is 76.8 Å². The van der Waals surface area contributed by atoms with E-state index in [1.54, 1.807) is 18.0 Å². The molecule has 1 aromatic rings. The summed E-state index contributed by atoms with van der Waals surface area (Å²) >= 11 is 1.73. The molecule has 0 saturated heterocycles. The molecule has 0 aliphatic heterocycles. The molecule has 0 aliphatic rings. The first kappa shape index (κ1) is 9.02. The Bertz CT molecular complexity index is 287. The maximum Gasteiger partial charge on any atom is 0.176 e. The van der Waals surface area contributed by atoms with Crippen LogP contribution in [-0.2, 0) is 0 Å². The van der Waals surface area contributed by atoms with Gasteiger partial charge >= 0.3 is 0 Å². The molecule has 12 heavy (non-hydrogen) atoms. The lowest BCUT2D eigenvalue weighted by Crippen LogP contribution is -1.61. The fourth-order valence-corrected chi connectivity index (χ4v) is 0.998. The number of allylic oxidation sites excluding steroid dienone is 1. The first-order chi connectivity index (χ1) is 5.93. The highest BCUT2D eigenvalue weighted by atomic mass is 32.2. The second kappa shape index (κ2) is 5.56. The number of thioether (sulfide) groups is 1. The van der Waals surface area contributed by atoms with E-state index in [1.165, 1.54) is 0 Å². The molecule has 1 heterocycles. The van der Waals surface area contributed by atoms with E-state index in [4.69, 9.17) is 4.42 Å². The van der Waals surface area contributed by atoms with Gasteiger partial charge in [-0.3, -0.25) is 0 Å². The smallest absolute Gasteiger partial charge is 0.176 e. The summed E-state index contributed by atoms with van der Waals surface area (Å²) in [5, 5.41) is 1.98. The van der Waals surface area contributed by atoms with E-state index in [0.29, 0.717) is 5.76 Å². The van der Waals surface area contributed by atoms with Crippen molar-refractivity contribution in [2.75, 3.05) is 5.75 Å². The zero-order chi connectivity index (χ0) is 8.65. The zero-order valence-corrected chi connectivity index (χ0v) is 7.73. The van der Waals surface area contributed by atoms with E-state index in [2.05, 4.69) is 18.8 Å². The van der Waals surface area contributed by atoms with Gasteiger partial charge in [-0.25, -0.2) is 0 Å². The maximum absolute atomic E-state index is 5.03. The summed E-state index contributed by atoms with van der Waals surface area (Å²) in [6.07, 6.45) is 3.45. The second-order valence-electron chi connectivity index (χ2n) is 2.00. The molecule has 0 fully saturated rings. The van der Waals surface area contributed by atoms with Crippen molar-refractivity contribution >= 4 is 11.8 Å². The molecule has 0 spiro atoms. The lowest BCUT2D eigenvalue weighted by molar-refractivity contribution is 0.554. The molecule has 0 radical (unpaired) electrons. The molecule has 0 aliphatic carbocycles. The number of hydrogen-bond acceptors (Lipinski definition) is 2. The van der Waals surface area contributed by atoms with E-state index in [9.17, 15) is 0 Å². The van der Waals surface area contributed by atoms with Crippen LogP contribution in [0.2, 0.25) is 0 Å². The van der Waals surface area contributed by atoms with Crippen molar-refractivity contribution in [1.29, 1.82) is 0 Å². The normalized spacial score (nSPS) is 9.75. The Balaban J connectivity index is 2.39. The van der Waals surface area contributed by atoms with Crippen molar-refractivity contribution in [2.45, 2.75) is 6.92 Å². The third-order valence-electron chi connectivity index (χ3n) is 1.13. The van der Waals surface area contributed by atoms with Gasteiger partial charge in [0, 0.05) is 0 Å². The van der Waals surface area contributed by atoms with Gasteiger partial charge in [-0.15, -0.1) is 11.8 Å². The van der Waals surface area contributed by atoms with E-state index in [-0.39, 0.29) is 0 Å². The molecule has 62 valence electrons. The Morgan fingerprint density at radius 2 is 2.58 bits per heavy atom. The van der Waals surface area contributed by atoms with Gasteiger partial charge in [-0.2, -0.15) is 0 Å². The van der Waals surface area contributed by atoms with Crippen molar-refractivity contribution in [3.63, 3.8) is 0 Å². The highest BCUT2D eigenvalue weighted by Crippen LogP contribution is 1.99. The van der Waals surface area contributed by atoms with Gasteiger partial charge in [0.05, 0.1) is 6.26 Å². The Morgan fingerprint density at radius 3 is 3.25 bits per heavy atom. The first-order valence-electron chi connectivity index (χ1n) is 3.75. The molecule has 0 amide bonds. The molecule has 0 saturated carbocycles. The maximum atomic E-state index is 5.03. The molecule has 1 rings (SSSR count). The number of hydrogen-bond donors (Lipinski definition) is 0. The van der Waals surface area contributed by atoms with Crippen molar-refractivity contribution in [3.05, 3.63) is 35.6 Å². The fraction of sp³-hybridized carbons (Fsp3) is 0.200. The quantitative estimate of drug-likeness (QED) is 0.646. The zero-order valence-electron chi connectivity index (χ0n) is 6.91. The fourth-order valence-electron chi connectivity index (χ4n) is 0.641. The molecule has 0 unspecified atom stereocenters. The van der Waals surface area contributed by atoms with Crippen LogP contribution in [0.1, 0.15) is 12.7 Å². The lowest BCUT2D eigenvalue weighted by Gasteiger charge is -1.78. The summed E-state index contributed by atoms with van der Waals surface area (Å²) in [6, 6.07) is 3.67. The van der Waals surface area contributed by atoms with Gasteiger partial charge in [0.15, 0.2) is 5.76 Å². The summed E-state index contributed by atoms with van der Waals surface area (Å²) < 4.78 is 5.03. The van der Waals surface area contributed by atoms with E-state index in [0.717, 1.165) is 5.75 Å². The predicted octanol–water partition coefficient (Wildman–Crippen LogP) is 2.90. The minimum Gasteiger partial charge on any atom is -0.456 e. The van der Waals surface area contributed by atoms with Gasteiger partial charge in [-0.05, 0) is 35.3 Å². The lowest BCUT2D eigenvalue weighted by atomic mass is 10.4. The topological polar surface area (TPSA) is 13.1 Å². The monoisotopic (exact) mass is 178 g/mol.